The lowest BCUT2D eigenvalue weighted by atomic mass is 9.96. The van der Waals surface area contributed by atoms with Gasteiger partial charge in [0.15, 0.2) is 0 Å². The van der Waals surface area contributed by atoms with Crippen molar-refractivity contribution in [2.75, 3.05) is 0 Å². The Kier molecular flexibility index (Phi) is 3.58. The molecule has 8 rings (SSSR count). The smallest absolute Gasteiger partial charge is 0.220 e. The molecule has 0 amide bonds. The van der Waals surface area contributed by atoms with Gasteiger partial charge in [-0.05, 0) is 69.8 Å². The van der Waals surface area contributed by atoms with Crippen LogP contribution in [0.15, 0.2) is 97.1 Å². The lowest BCUT2D eigenvalue weighted by molar-refractivity contribution is 0.867. The molecular weight excluding hydrogens is 426 g/mol. The maximum atomic E-state index is 5.10. The number of para-hydroxylation sites is 2. The fourth-order valence-corrected chi connectivity index (χ4v) is 5.83. The van der Waals surface area contributed by atoms with E-state index in [0.29, 0.717) is 5.92 Å². The second-order valence-corrected chi connectivity index (χ2v) is 9.96. The second kappa shape index (κ2) is 6.61. The molecular formula is C32H23N3. The number of imidazole rings is 2. The molecule has 3 aromatic heterocycles. The zero-order valence-electron chi connectivity index (χ0n) is 19.7. The minimum Gasteiger partial charge on any atom is -0.277 e. The quantitative estimate of drug-likeness (QED) is 0.259. The minimum absolute atomic E-state index is 0.492. The van der Waals surface area contributed by atoms with Crippen LogP contribution in [0.1, 0.15) is 25.3 Å². The van der Waals surface area contributed by atoms with Gasteiger partial charge < -0.3 is 0 Å². The largest absolute Gasteiger partial charge is 0.277 e. The van der Waals surface area contributed by atoms with Gasteiger partial charge in [-0.25, -0.2) is 4.98 Å². The van der Waals surface area contributed by atoms with Gasteiger partial charge >= 0.3 is 0 Å². The number of hydrogen-bond donors (Lipinski definition) is 0. The first kappa shape index (κ1) is 19.0. The molecule has 166 valence electrons. The van der Waals surface area contributed by atoms with Crippen molar-refractivity contribution in [3.63, 3.8) is 0 Å². The summed E-state index contributed by atoms with van der Waals surface area (Å²) in [6.07, 6.45) is 0. The number of benzene rings is 5. The van der Waals surface area contributed by atoms with Crippen LogP contribution >= 0.6 is 0 Å². The molecule has 0 bridgehead atoms. The molecule has 35 heavy (non-hydrogen) atoms. The monoisotopic (exact) mass is 449 g/mol. The maximum absolute atomic E-state index is 5.10. The Morgan fingerprint density at radius 1 is 0.600 bits per heavy atom. The molecule has 3 heteroatoms. The predicted molar refractivity (Wildman–Crippen MR) is 147 cm³/mol. The third-order valence-electron chi connectivity index (χ3n) is 7.58. The van der Waals surface area contributed by atoms with Crippen molar-refractivity contribution in [2.45, 2.75) is 19.8 Å². The van der Waals surface area contributed by atoms with Crippen LogP contribution in [-0.2, 0) is 0 Å². The number of aromatic nitrogens is 3. The van der Waals surface area contributed by atoms with E-state index in [9.17, 15) is 0 Å². The molecule has 3 heterocycles. The van der Waals surface area contributed by atoms with Crippen LogP contribution in [0, 0.1) is 0 Å². The number of nitrogens with zero attached hydrogens (tertiary/aromatic N) is 3. The van der Waals surface area contributed by atoms with Crippen LogP contribution < -0.4 is 0 Å². The van der Waals surface area contributed by atoms with Gasteiger partial charge in [0.05, 0.1) is 27.6 Å². The molecule has 0 saturated heterocycles. The molecule has 8 aromatic rings. The fourth-order valence-electron chi connectivity index (χ4n) is 5.83. The van der Waals surface area contributed by atoms with E-state index < -0.39 is 0 Å². The third-order valence-corrected chi connectivity index (χ3v) is 7.58. The summed E-state index contributed by atoms with van der Waals surface area (Å²) in [6, 6.07) is 35.5. The fraction of sp³-hybridized carbons (Fsp3) is 0.0938. The van der Waals surface area contributed by atoms with Gasteiger partial charge in [0.1, 0.15) is 0 Å². The summed E-state index contributed by atoms with van der Waals surface area (Å²) in [5.41, 5.74) is 9.69. The van der Waals surface area contributed by atoms with Crippen molar-refractivity contribution >= 4 is 54.9 Å². The molecule has 0 unspecified atom stereocenters. The van der Waals surface area contributed by atoms with Crippen molar-refractivity contribution in [1.29, 1.82) is 0 Å². The minimum atomic E-state index is 0.492. The van der Waals surface area contributed by atoms with Gasteiger partial charge in [0.2, 0.25) is 5.78 Å². The molecule has 0 saturated carbocycles. The molecule has 5 aromatic carbocycles. The Hall–Kier alpha value is -4.37. The SMILES string of the molecule is CC(C)c1cccc(-c2cc3c4cc5ccccc5cc4n4c3c(c2)n2c3ccccc3nc24)c1. The van der Waals surface area contributed by atoms with Gasteiger partial charge in [0.25, 0.3) is 0 Å². The first-order chi connectivity index (χ1) is 17.2. The molecule has 0 aliphatic rings. The lowest BCUT2D eigenvalue weighted by Gasteiger charge is -2.09. The van der Waals surface area contributed by atoms with E-state index >= 15 is 0 Å². The molecule has 0 aliphatic carbocycles. The highest BCUT2D eigenvalue weighted by Gasteiger charge is 2.22. The van der Waals surface area contributed by atoms with Gasteiger partial charge in [-0.15, -0.1) is 0 Å². The number of fused-ring (bicyclic) bond motifs is 9. The topological polar surface area (TPSA) is 21.7 Å². The second-order valence-electron chi connectivity index (χ2n) is 9.96. The first-order valence-electron chi connectivity index (χ1n) is 12.3. The van der Waals surface area contributed by atoms with E-state index in [1.54, 1.807) is 0 Å². The Balaban J connectivity index is 1.60. The summed E-state index contributed by atoms with van der Waals surface area (Å²) < 4.78 is 4.70. The Labute approximate surface area is 202 Å². The van der Waals surface area contributed by atoms with E-state index in [0.717, 1.165) is 16.8 Å². The van der Waals surface area contributed by atoms with Gasteiger partial charge in [-0.1, -0.05) is 74.5 Å². The maximum Gasteiger partial charge on any atom is 0.220 e. The van der Waals surface area contributed by atoms with Crippen molar-refractivity contribution in [3.05, 3.63) is 103 Å². The van der Waals surface area contributed by atoms with Crippen LogP contribution in [0.4, 0.5) is 0 Å². The predicted octanol–water partition coefficient (Wildman–Crippen LogP) is 8.43. The average molecular weight is 450 g/mol. The van der Waals surface area contributed by atoms with Crippen LogP contribution in [0.3, 0.4) is 0 Å². The van der Waals surface area contributed by atoms with Crippen molar-refractivity contribution < 1.29 is 0 Å². The van der Waals surface area contributed by atoms with E-state index in [1.807, 2.05) is 0 Å². The summed E-state index contributed by atoms with van der Waals surface area (Å²) >= 11 is 0. The summed E-state index contributed by atoms with van der Waals surface area (Å²) in [7, 11) is 0. The standard InChI is InChI=1S/C32H23N3/c1-19(2)20-10-7-11-21(14-20)24-16-26-25-15-22-8-3-4-9-23(22)17-29(25)35-31(26)30(18-24)34-28-13-6-5-12-27(28)33-32(34)35/h3-19H,1-2H3. The van der Waals surface area contributed by atoms with Crippen molar-refractivity contribution in [1.82, 2.24) is 13.8 Å². The molecule has 0 spiro atoms. The third kappa shape index (κ3) is 2.47. The Bertz CT molecular complexity index is 2090. The van der Waals surface area contributed by atoms with Crippen LogP contribution in [0.5, 0.6) is 0 Å². The highest BCUT2D eigenvalue weighted by Crippen LogP contribution is 2.41. The zero-order chi connectivity index (χ0) is 23.3. The van der Waals surface area contributed by atoms with E-state index in [1.165, 1.54) is 54.8 Å². The number of hydrogen-bond acceptors (Lipinski definition) is 1. The van der Waals surface area contributed by atoms with E-state index in [-0.39, 0.29) is 0 Å². The molecule has 0 fully saturated rings. The van der Waals surface area contributed by atoms with E-state index in [2.05, 4.69) is 120 Å². The normalized spacial score (nSPS) is 12.5. The Morgan fingerprint density at radius 3 is 2.26 bits per heavy atom. The van der Waals surface area contributed by atoms with Crippen molar-refractivity contribution in [2.24, 2.45) is 0 Å². The number of rotatable bonds is 2. The summed E-state index contributed by atoms with van der Waals surface area (Å²) in [5.74, 6) is 1.47. The van der Waals surface area contributed by atoms with E-state index in [4.69, 9.17) is 4.98 Å². The average Bonchev–Trinajstić information content (AvgIpc) is 3.52. The van der Waals surface area contributed by atoms with Crippen LogP contribution in [0.25, 0.3) is 66.0 Å². The highest BCUT2D eigenvalue weighted by atomic mass is 15.2. The highest BCUT2D eigenvalue weighted by molar-refractivity contribution is 6.19. The molecule has 0 radical (unpaired) electrons. The molecule has 3 nitrogen and oxygen atoms in total. The zero-order valence-corrected chi connectivity index (χ0v) is 19.7. The summed E-state index contributed by atoms with van der Waals surface area (Å²) in [5, 5.41) is 5.07. The van der Waals surface area contributed by atoms with Gasteiger partial charge in [-0.3, -0.25) is 8.80 Å². The van der Waals surface area contributed by atoms with Gasteiger partial charge in [0, 0.05) is 10.8 Å². The van der Waals surface area contributed by atoms with Crippen LogP contribution in [0.2, 0.25) is 0 Å². The summed E-state index contributed by atoms with van der Waals surface area (Å²) in [6.45, 7) is 4.51. The van der Waals surface area contributed by atoms with Crippen molar-refractivity contribution in [3.8, 4) is 11.1 Å². The molecule has 0 atom stereocenters. The molecule has 0 aliphatic heterocycles. The summed E-state index contributed by atoms with van der Waals surface area (Å²) in [4.78, 5) is 5.10. The first-order valence-corrected chi connectivity index (χ1v) is 12.3. The Morgan fingerprint density at radius 2 is 1.40 bits per heavy atom. The van der Waals surface area contributed by atoms with Gasteiger partial charge in [-0.2, -0.15) is 0 Å². The molecule has 0 N–H and O–H groups in total. The lowest BCUT2D eigenvalue weighted by Crippen LogP contribution is -1.88. The van der Waals surface area contributed by atoms with Crippen LogP contribution in [-0.4, -0.2) is 13.8 Å².